The van der Waals surface area contributed by atoms with Crippen LogP contribution >= 0.6 is 0 Å². The van der Waals surface area contributed by atoms with Crippen LogP contribution in [0.2, 0.25) is 0 Å². The van der Waals surface area contributed by atoms with Gasteiger partial charge in [0.1, 0.15) is 5.75 Å². The minimum absolute atomic E-state index is 0.150. The molecule has 0 radical (unpaired) electrons. The van der Waals surface area contributed by atoms with Crippen LogP contribution in [-0.2, 0) is 11.2 Å². The smallest absolute Gasteiger partial charge is 0.343 e. The molecule has 7 heteroatoms. The van der Waals surface area contributed by atoms with Gasteiger partial charge in [-0.15, -0.1) is 0 Å². The molecular formula is C28H30N2O5. The highest BCUT2D eigenvalue weighted by molar-refractivity contribution is 5.91. The van der Waals surface area contributed by atoms with Crippen molar-refractivity contribution >= 4 is 18.1 Å². The number of rotatable bonds is 11. The zero-order valence-corrected chi connectivity index (χ0v) is 20.2. The van der Waals surface area contributed by atoms with Gasteiger partial charge >= 0.3 is 5.97 Å². The van der Waals surface area contributed by atoms with Crippen LogP contribution in [0.1, 0.15) is 46.8 Å². The second-order valence-corrected chi connectivity index (χ2v) is 8.00. The number of carbonyl (C=O) groups is 2. The highest BCUT2D eigenvalue weighted by Crippen LogP contribution is 2.28. The number of ether oxygens (including phenoxy) is 3. The van der Waals surface area contributed by atoms with Crippen LogP contribution in [-0.4, -0.2) is 31.8 Å². The van der Waals surface area contributed by atoms with Gasteiger partial charge in [-0.05, 0) is 73.4 Å². The molecule has 3 aromatic carbocycles. The number of methoxy groups -OCH3 is 1. The second-order valence-electron chi connectivity index (χ2n) is 8.00. The number of nitrogens with zero attached hydrogens (tertiary/aromatic N) is 1. The molecule has 3 aromatic rings. The van der Waals surface area contributed by atoms with Crippen LogP contribution in [0.5, 0.6) is 17.2 Å². The Morgan fingerprint density at radius 3 is 2.40 bits per heavy atom. The van der Waals surface area contributed by atoms with E-state index in [-0.39, 0.29) is 18.3 Å². The maximum absolute atomic E-state index is 12.4. The van der Waals surface area contributed by atoms with Crippen LogP contribution in [0.15, 0.2) is 71.8 Å². The molecule has 0 saturated heterocycles. The Hall–Kier alpha value is -4.13. The van der Waals surface area contributed by atoms with E-state index in [1.165, 1.54) is 18.9 Å². The Morgan fingerprint density at radius 2 is 1.71 bits per heavy atom. The molecule has 35 heavy (non-hydrogen) atoms. The van der Waals surface area contributed by atoms with E-state index in [1.54, 1.807) is 30.3 Å². The van der Waals surface area contributed by atoms with Crippen molar-refractivity contribution < 1.29 is 23.8 Å². The minimum Gasteiger partial charge on any atom is -0.493 e. The quantitative estimate of drug-likeness (QED) is 0.181. The van der Waals surface area contributed by atoms with Gasteiger partial charge in [-0.3, -0.25) is 4.79 Å². The van der Waals surface area contributed by atoms with Gasteiger partial charge in [-0.1, -0.05) is 43.2 Å². The molecule has 0 heterocycles. The SMILES string of the molecule is CCCCc1ccc(OCC(=O)N/N=C\c2ccc(OC(=O)c3ccc(C)cc3)c(OC)c2)cc1. The fourth-order valence-corrected chi connectivity index (χ4v) is 3.19. The largest absolute Gasteiger partial charge is 0.493 e. The Kier molecular flexibility index (Phi) is 9.42. The van der Waals surface area contributed by atoms with E-state index in [2.05, 4.69) is 17.5 Å². The summed E-state index contributed by atoms with van der Waals surface area (Å²) in [4.78, 5) is 24.4. The molecule has 0 unspecified atom stereocenters. The fourth-order valence-electron chi connectivity index (χ4n) is 3.19. The van der Waals surface area contributed by atoms with Crippen molar-refractivity contribution in [3.05, 3.63) is 89.0 Å². The standard InChI is InChI=1S/C28H30N2O5/c1-4-5-6-21-9-14-24(15-10-21)34-19-27(31)30-29-18-22-11-16-25(26(17-22)33-3)35-28(32)23-12-7-20(2)8-13-23/h7-18H,4-6,19H2,1-3H3,(H,30,31)/b29-18-. The summed E-state index contributed by atoms with van der Waals surface area (Å²) < 4.78 is 16.3. The number of amides is 1. The Bertz CT molecular complexity index is 1150. The van der Waals surface area contributed by atoms with Crippen LogP contribution in [0.4, 0.5) is 0 Å². The van der Waals surface area contributed by atoms with Crippen molar-refractivity contribution in [2.45, 2.75) is 33.1 Å². The van der Waals surface area contributed by atoms with Crippen molar-refractivity contribution in [1.82, 2.24) is 5.43 Å². The molecule has 0 aliphatic carbocycles. The highest BCUT2D eigenvalue weighted by Gasteiger charge is 2.13. The molecule has 0 fully saturated rings. The zero-order valence-electron chi connectivity index (χ0n) is 20.2. The summed E-state index contributed by atoms with van der Waals surface area (Å²) >= 11 is 0. The predicted octanol–water partition coefficient (Wildman–Crippen LogP) is 5.09. The van der Waals surface area contributed by atoms with Gasteiger partial charge in [0.05, 0.1) is 18.9 Å². The number of hydrogen-bond donors (Lipinski definition) is 1. The third-order valence-electron chi connectivity index (χ3n) is 5.19. The number of benzene rings is 3. The molecule has 1 N–H and O–H groups in total. The average Bonchev–Trinajstić information content (AvgIpc) is 2.88. The number of esters is 1. The van der Waals surface area contributed by atoms with Crippen LogP contribution in [0.3, 0.4) is 0 Å². The maximum atomic E-state index is 12.4. The zero-order chi connectivity index (χ0) is 25.0. The fraction of sp³-hybridized carbons (Fsp3) is 0.250. The van der Waals surface area contributed by atoms with Crippen LogP contribution in [0.25, 0.3) is 0 Å². The number of carbonyl (C=O) groups excluding carboxylic acids is 2. The normalized spacial score (nSPS) is 10.7. The van der Waals surface area contributed by atoms with Gasteiger partial charge in [0.25, 0.3) is 5.91 Å². The van der Waals surface area contributed by atoms with E-state index < -0.39 is 5.97 Å². The summed E-state index contributed by atoms with van der Waals surface area (Å²) in [5, 5.41) is 3.96. The summed E-state index contributed by atoms with van der Waals surface area (Å²) in [5.41, 5.74) is 5.83. The Labute approximate surface area is 205 Å². The highest BCUT2D eigenvalue weighted by atomic mass is 16.6. The summed E-state index contributed by atoms with van der Waals surface area (Å²) in [5.74, 6) is 0.421. The molecule has 0 aliphatic heterocycles. The lowest BCUT2D eigenvalue weighted by atomic mass is 10.1. The first-order chi connectivity index (χ1) is 17.0. The van der Waals surface area contributed by atoms with Crippen molar-refractivity contribution in [2.24, 2.45) is 5.10 Å². The molecule has 7 nitrogen and oxygen atoms in total. The first-order valence-corrected chi connectivity index (χ1v) is 11.5. The van der Waals surface area contributed by atoms with Gasteiger partial charge in [-0.25, -0.2) is 10.2 Å². The minimum atomic E-state index is -0.479. The van der Waals surface area contributed by atoms with Crippen molar-refractivity contribution in [1.29, 1.82) is 0 Å². The van der Waals surface area contributed by atoms with Crippen molar-refractivity contribution in [2.75, 3.05) is 13.7 Å². The van der Waals surface area contributed by atoms with E-state index in [1.807, 2.05) is 43.3 Å². The summed E-state index contributed by atoms with van der Waals surface area (Å²) in [7, 11) is 1.48. The van der Waals surface area contributed by atoms with Crippen molar-refractivity contribution in [3.8, 4) is 17.2 Å². The van der Waals surface area contributed by atoms with Gasteiger partial charge in [-0.2, -0.15) is 5.10 Å². The monoisotopic (exact) mass is 474 g/mol. The van der Waals surface area contributed by atoms with Gasteiger partial charge in [0.2, 0.25) is 0 Å². The topological polar surface area (TPSA) is 86.2 Å². The van der Waals surface area contributed by atoms with E-state index in [0.29, 0.717) is 22.6 Å². The molecule has 0 spiro atoms. The lowest BCUT2D eigenvalue weighted by molar-refractivity contribution is -0.123. The third-order valence-corrected chi connectivity index (χ3v) is 5.19. The van der Waals surface area contributed by atoms with Gasteiger partial charge in [0.15, 0.2) is 18.1 Å². The summed E-state index contributed by atoms with van der Waals surface area (Å²) in [6.45, 7) is 3.96. The second kappa shape index (κ2) is 12.9. The van der Waals surface area contributed by atoms with E-state index in [9.17, 15) is 9.59 Å². The molecule has 0 aliphatic rings. The molecule has 1 amide bonds. The first-order valence-electron chi connectivity index (χ1n) is 11.5. The third kappa shape index (κ3) is 7.99. The molecule has 182 valence electrons. The van der Waals surface area contributed by atoms with E-state index in [4.69, 9.17) is 14.2 Å². The van der Waals surface area contributed by atoms with E-state index >= 15 is 0 Å². The number of hydrogen-bond acceptors (Lipinski definition) is 6. The molecule has 0 aromatic heterocycles. The van der Waals surface area contributed by atoms with Gasteiger partial charge in [0, 0.05) is 0 Å². The average molecular weight is 475 g/mol. The van der Waals surface area contributed by atoms with Crippen LogP contribution in [0, 0.1) is 6.92 Å². The molecular weight excluding hydrogens is 444 g/mol. The van der Waals surface area contributed by atoms with Gasteiger partial charge < -0.3 is 14.2 Å². The molecule has 0 bridgehead atoms. The lowest BCUT2D eigenvalue weighted by Gasteiger charge is -2.10. The number of unbranched alkanes of at least 4 members (excludes halogenated alkanes) is 1. The number of aryl methyl sites for hydroxylation is 2. The molecule has 0 saturated carbocycles. The summed E-state index contributed by atoms with van der Waals surface area (Å²) in [6.07, 6.45) is 4.80. The predicted molar refractivity (Wildman–Crippen MR) is 135 cm³/mol. The maximum Gasteiger partial charge on any atom is 0.343 e. The summed E-state index contributed by atoms with van der Waals surface area (Å²) in [6, 6.07) is 19.8. The lowest BCUT2D eigenvalue weighted by Crippen LogP contribution is -2.24. The molecule has 3 rings (SSSR count). The van der Waals surface area contributed by atoms with E-state index in [0.717, 1.165) is 24.8 Å². The first kappa shape index (κ1) is 25.5. The Morgan fingerprint density at radius 1 is 0.971 bits per heavy atom. The van der Waals surface area contributed by atoms with Crippen LogP contribution < -0.4 is 19.6 Å². The molecule has 0 atom stereocenters. The Balaban J connectivity index is 1.50. The number of nitrogens with one attached hydrogen (secondary N) is 1. The van der Waals surface area contributed by atoms with Crippen molar-refractivity contribution in [3.63, 3.8) is 0 Å². The number of hydrazone groups is 1.